The molecule has 1 atom stereocenters. The van der Waals surface area contributed by atoms with Crippen molar-refractivity contribution in [3.63, 3.8) is 0 Å². The van der Waals surface area contributed by atoms with Crippen LogP contribution in [0.3, 0.4) is 0 Å². The van der Waals surface area contributed by atoms with Gasteiger partial charge in [0.15, 0.2) is 22.5 Å². The number of aliphatic hydroxyl groups is 1. The number of hydrogen-bond donors (Lipinski definition) is 3. The zero-order valence-electron chi connectivity index (χ0n) is 21.6. The van der Waals surface area contributed by atoms with Gasteiger partial charge in [0.25, 0.3) is 5.91 Å². The highest BCUT2D eigenvalue weighted by molar-refractivity contribution is 6.32. The first kappa shape index (κ1) is 27.3. The average molecular weight is 533 g/mol. The Balaban J connectivity index is 1.34. The molecule has 0 unspecified atom stereocenters. The van der Waals surface area contributed by atoms with Crippen molar-refractivity contribution in [2.45, 2.75) is 44.8 Å². The number of carbonyl (C=O) groups is 1. The summed E-state index contributed by atoms with van der Waals surface area (Å²) in [6.07, 6.45) is 5.17. The predicted octanol–water partition coefficient (Wildman–Crippen LogP) is 1.40. The molecule has 4 rings (SSSR count). The summed E-state index contributed by atoms with van der Waals surface area (Å²) in [4.78, 5) is 32.5. The number of halogens is 1. The van der Waals surface area contributed by atoms with Crippen molar-refractivity contribution in [3.8, 4) is 5.88 Å². The van der Waals surface area contributed by atoms with Crippen molar-refractivity contribution in [1.82, 2.24) is 30.1 Å². The van der Waals surface area contributed by atoms with Gasteiger partial charge in [0.2, 0.25) is 5.88 Å². The number of ether oxygens (including phenoxy) is 1. The van der Waals surface area contributed by atoms with Crippen molar-refractivity contribution in [3.05, 3.63) is 34.7 Å². The van der Waals surface area contributed by atoms with Crippen LogP contribution in [0.4, 0.5) is 11.6 Å². The van der Waals surface area contributed by atoms with E-state index in [4.69, 9.17) is 27.2 Å². The Bertz CT molecular complexity index is 1050. The molecule has 202 valence electrons. The van der Waals surface area contributed by atoms with E-state index in [1.807, 2.05) is 12.3 Å². The molecule has 12 heteroatoms. The van der Waals surface area contributed by atoms with Gasteiger partial charge in [-0.25, -0.2) is 15.0 Å². The molecule has 11 nitrogen and oxygen atoms in total. The number of nitrogen functional groups attached to an aromatic ring is 1. The highest BCUT2D eigenvalue weighted by Crippen LogP contribution is 2.30. The third-order valence-electron chi connectivity index (χ3n) is 7.21. The molecular formula is C25H37ClN8O3. The van der Waals surface area contributed by atoms with E-state index in [1.54, 1.807) is 7.11 Å². The number of piperazine rings is 1. The van der Waals surface area contributed by atoms with Gasteiger partial charge in [-0.2, -0.15) is 0 Å². The molecule has 0 radical (unpaired) electrons. The van der Waals surface area contributed by atoms with Gasteiger partial charge in [-0.1, -0.05) is 24.6 Å². The van der Waals surface area contributed by atoms with Crippen LogP contribution >= 0.6 is 11.6 Å². The fourth-order valence-electron chi connectivity index (χ4n) is 5.24. The van der Waals surface area contributed by atoms with Gasteiger partial charge >= 0.3 is 0 Å². The van der Waals surface area contributed by atoms with Crippen LogP contribution in [-0.2, 0) is 6.54 Å². The second-order valence-electron chi connectivity index (χ2n) is 9.51. The van der Waals surface area contributed by atoms with Crippen molar-refractivity contribution >= 4 is 29.1 Å². The van der Waals surface area contributed by atoms with Crippen LogP contribution in [-0.4, -0.2) is 101 Å². The molecular weight excluding hydrogens is 496 g/mol. The van der Waals surface area contributed by atoms with Gasteiger partial charge < -0.3 is 25.8 Å². The van der Waals surface area contributed by atoms with Gasteiger partial charge in [0.05, 0.1) is 13.7 Å². The number of carbonyl (C=O) groups excluding carboxylic acids is 1. The van der Waals surface area contributed by atoms with Crippen LogP contribution in [0.15, 0.2) is 18.3 Å². The monoisotopic (exact) mass is 532 g/mol. The van der Waals surface area contributed by atoms with Crippen molar-refractivity contribution < 1.29 is 14.6 Å². The number of nitrogens with two attached hydrogens (primary N) is 1. The van der Waals surface area contributed by atoms with E-state index in [0.29, 0.717) is 23.8 Å². The van der Waals surface area contributed by atoms with Crippen LogP contribution in [0.25, 0.3) is 0 Å². The van der Waals surface area contributed by atoms with Crippen LogP contribution in [0, 0.1) is 0 Å². The van der Waals surface area contributed by atoms with Gasteiger partial charge in [-0.05, 0) is 37.9 Å². The highest BCUT2D eigenvalue weighted by atomic mass is 35.5. The lowest BCUT2D eigenvalue weighted by Gasteiger charge is -2.47. The molecule has 4 N–H and O–H groups in total. The maximum absolute atomic E-state index is 12.2. The summed E-state index contributed by atoms with van der Waals surface area (Å²) < 4.78 is 5.16. The first-order valence-corrected chi connectivity index (χ1v) is 13.2. The maximum atomic E-state index is 12.2. The number of nitrogens with one attached hydrogen (secondary N) is 1. The predicted molar refractivity (Wildman–Crippen MR) is 143 cm³/mol. The van der Waals surface area contributed by atoms with Crippen LogP contribution in [0.5, 0.6) is 5.88 Å². The van der Waals surface area contributed by atoms with Gasteiger partial charge in [-0.3, -0.25) is 14.6 Å². The number of pyridine rings is 1. The van der Waals surface area contributed by atoms with E-state index in [-0.39, 0.29) is 29.8 Å². The summed E-state index contributed by atoms with van der Waals surface area (Å²) in [5, 5.41) is 11.6. The van der Waals surface area contributed by atoms with E-state index in [0.717, 1.165) is 58.5 Å². The van der Waals surface area contributed by atoms with Crippen molar-refractivity contribution in [2.75, 3.05) is 63.6 Å². The molecule has 2 fully saturated rings. The zero-order chi connectivity index (χ0) is 26.4. The van der Waals surface area contributed by atoms with E-state index in [2.05, 4.69) is 48.0 Å². The number of likely N-dealkylation sites (tertiary alicyclic amines) is 1. The molecule has 0 spiro atoms. The van der Waals surface area contributed by atoms with E-state index < -0.39 is 5.91 Å². The smallest absolute Gasteiger partial charge is 0.273 e. The minimum absolute atomic E-state index is 0.0231. The summed E-state index contributed by atoms with van der Waals surface area (Å²) in [5.74, 6) is 0.684. The lowest BCUT2D eigenvalue weighted by atomic mass is 9.98. The third kappa shape index (κ3) is 6.59. The fraction of sp³-hybridized carbons (Fsp3) is 0.600. The Morgan fingerprint density at radius 1 is 1.24 bits per heavy atom. The van der Waals surface area contributed by atoms with Crippen molar-refractivity contribution in [1.29, 1.82) is 0 Å². The number of anilines is 2. The molecule has 2 aromatic rings. The third-order valence-corrected chi connectivity index (χ3v) is 7.47. The number of aliphatic hydroxyl groups excluding tert-OH is 1. The number of piperidine rings is 1. The molecule has 2 aliphatic heterocycles. The second-order valence-corrected chi connectivity index (χ2v) is 9.87. The number of hydrogen-bond acceptors (Lipinski definition) is 10. The highest BCUT2D eigenvalue weighted by Gasteiger charge is 2.34. The van der Waals surface area contributed by atoms with Crippen LogP contribution < -0.4 is 20.7 Å². The fourth-order valence-corrected chi connectivity index (χ4v) is 5.48. The van der Waals surface area contributed by atoms with E-state index in [9.17, 15) is 4.79 Å². The minimum Gasteiger partial charge on any atom is -0.481 e. The molecule has 2 saturated heterocycles. The van der Waals surface area contributed by atoms with Crippen LogP contribution in [0.2, 0.25) is 5.15 Å². The van der Waals surface area contributed by atoms with E-state index >= 15 is 0 Å². The molecule has 2 aromatic heterocycles. The first-order valence-electron chi connectivity index (χ1n) is 12.9. The molecule has 4 heterocycles. The summed E-state index contributed by atoms with van der Waals surface area (Å²) in [6.45, 7) is 7.61. The maximum Gasteiger partial charge on any atom is 0.273 e. The van der Waals surface area contributed by atoms with E-state index in [1.165, 1.54) is 5.56 Å². The zero-order valence-corrected chi connectivity index (χ0v) is 22.3. The normalized spacial score (nSPS) is 19.7. The van der Waals surface area contributed by atoms with Gasteiger partial charge in [0, 0.05) is 57.1 Å². The largest absolute Gasteiger partial charge is 0.481 e. The first-order chi connectivity index (χ1) is 17.9. The molecule has 0 saturated carbocycles. The lowest BCUT2D eigenvalue weighted by Crippen LogP contribution is -2.58. The molecule has 0 bridgehead atoms. The molecule has 2 aliphatic rings. The number of nitrogens with zero attached hydrogens (tertiary/aromatic N) is 6. The SMILES string of the molecule is CC[C@H]1CN(c2nc(N)c(C(=O)NCCO)nc2Cl)CCN1C1CCN(Cc2ccc(OC)nc2)CC1. The molecule has 0 aromatic carbocycles. The number of rotatable bonds is 9. The Morgan fingerprint density at radius 3 is 2.68 bits per heavy atom. The molecule has 37 heavy (non-hydrogen) atoms. The quantitative estimate of drug-likeness (QED) is 0.435. The summed E-state index contributed by atoms with van der Waals surface area (Å²) >= 11 is 6.46. The Labute approximate surface area is 223 Å². The number of aromatic nitrogens is 3. The number of amides is 1. The minimum atomic E-state index is -0.502. The summed E-state index contributed by atoms with van der Waals surface area (Å²) in [5.41, 5.74) is 7.24. The Hall–Kier alpha value is -2.73. The molecule has 0 aliphatic carbocycles. The second kappa shape index (κ2) is 12.7. The van der Waals surface area contributed by atoms with Gasteiger partial charge in [-0.15, -0.1) is 0 Å². The molecule has 1 amide bonds. The van der Waals surface area contributed by atoms with Crippen molar-refractivity contribution in [2.24, 2.45) is 0 Å². The summed E-state index contributed by atoms with van der Waals surface area (Å²) in [7, 11) is 1.63. The topological polar surface area (TPSA) is 133 Å². The number of methoxy groups -OCH3 is 1. The average Bonchev–Trinajstić information content (AvgIpc) is 2.93. The Kier molecular flexibility index (Phi) is 9.36. The van der Waals surface area contributed by atoms with Crippen LogP contribution in [0.1, 0.15) is 42.2 Å². The van der Waals surface area contributed by atoms with Gasteiger partial charge in [0.1, 0.15) is 0 Å². The lowest BCUT2D eigenvalue weighted by molar-refractivity contribution is 0.0610. The standard InChI is InChI=1S/C25H37ClN8O3/c1-3-18-16-33(24-22(26)30-21(23(27)31-24)25(36)28-8-13-35)11-12-34(18)19-6-9-32(10-7-19)15-17-4-5-20(37-2)29-14-17/h4-5,14,18-19,35H,3,6-13,15-16H2,1-2H3,(H2,27,31)(H,28,36)/t18-/m0/s1. The summed E-state index contributed by atoms with van der Waals surface area (Å²) in [6, 6.07) is 4.90. The Morgan fingerprint density at radius 2 is 2.03 bits per heavy atom.